The molecule has 0 aliphatic rings. The van der Waals surface area contributed by atoms with Crippen LogP contribution in [-0.4, -0.2) is 36.7 Å². The summed E-state index contributed by atoms with van der Waals surface area (Å²) in [7, 11) is 4.00. The van der Waals surface area contributed by atoms with Gasteiger partial charge in [-0.2, -0.15) is 0 Å². The molecule has 4 heteroatoms. The highest BCUT2D eigenvalue weighted by molar-refractivity contribution is 6.32. The predicted octanol–water partition coefficient (Wildman–Crippen LogP) is 1.48. The number of hydrogen-bond acceptors (Lipinski definition) is 3. The van der Waals surface area contributed by atoms with Crippen LogP contribution in [0.3, 0.4) is 0 Å². The normalized spacial score (nSPS) is 13.1. The summed E-state index contributed by atoms with van der Waals surface area (Å²) < 4.78 is 0. The lowest BCUT2D eigenvalue weighted by molar-refractivity contribution is 0.298. The minimum absolute atomic E-state index is 0.120. The largest absolute Gasteiger partial charge is 0.506 e. The van der Waals surface area contributed by atoms with Gasteiger partial charge in [0.15, 0.2) is 0 Å². The van der Waals surface area contributed by atoms with Crippen molar-refractivity contribution in [2.75, 3.05) is 20.6 Å². The van der Waals surface area contributed by atoms with E-state index in [0.717, 1.165) is 12.0 Å². The van der Waals surface area contributed by atoms with Gasteiger partial charge in [-0.05, 0) is 38.2 Å². The van der Waals surface area contributed by atoms with Crippen molar-refractivity contribution in [2.45, 2.75) is 12.5 Å². The molecule has 0 aromatic heterocycles. The van der Waals surface area contributed by atoms with Crippen LogP contribution in [0, 0.1) is 0 Å². The highest BCUT2D eigenvalue weighted by Crippen LogP contribution is 2.24. The highest BCUT2D eigenvalue weighted by atomic mass is 35.5. The predicted molar refractivity (Wildman–Crippen MR) is 63.4 cm³/mol. The molecule has 3 nitrogen and oxygen atoms in total. The van der Waals surface area contributed by atoms with Crippen molar-refractivity contribution in [3.05, 3.63) is 28.8 Å². The van der Waals surface area contributed by atoms with Crippen molar-refractivity contribution in [1.82, 2.24) is 4.90 Å². The fourth-order valence-corrected chi connectivity index (χ4v) is 1.63. The number of halogens is 1. The third-order valence-corrected chi connectivity index (χ3v) is 2.79. The molecule has 0 heterocycles. The van der Waals surface area contributed by atoms with E-state index in [4.69, 9.17) is 17.3 Å². The van der Waals surface area contributed by atoms with Crippen molar-refractivity contribution in [2.24, 2.45) is 5.73 Å². The molecule has 1 aromatic rings. The Hall–Kier alpha value is -0.770. The van der Waals surface area contributed by atoms with Gasteiger partial charge in [-0.3, -0.25) is 0 Å². The van der Waals surface area contributed by atoms with Gasteiger partial charge in [0, 0.05) is 12.6 Å². The molecule has 15 heavy (non-hydrogen) atoms. The molecule has 0 fully saturated rings. The number of rotatable bonds is 4. The second kappa shape index (κ2) is 5.35. The Morgan fingerprint density at radius 2 is 2.13 bits per heavy atom. The first kappa shape index (κ1) is 12.3. The second-order valence-corrected chi connectivity index (χ2v) is 4.25. The number of aromatic hydroxyl groups is 1. The molecule has 0 aliphatic heterocycles. The van der Waals surface area contributed by atoms with Gasteiger partial charge in [0.25, 0.3) is 0 Å². The molecule has 0 bridgehead atoms. The maximum atomic E-state index is 9.28. The quantitative estimate of drug-likeness (QED) is 0.821. The van der Waals surface area contributed by atoms with Gasteiger partial charge in [0.05, 0.1) is 5.02 Å². The third-order valence-electron chi connectivity index (χ3n) is 2.49. The van der Waals surface area contributed by atoms with Crippen molar-refractivity contribution in [1.29, 1.82) is 0 Å². The fourth-order valence-electron chi connectivity index (χ4n) is 1.43. The van der Waals surface area contributed by atoms with Crippen LogP contribution in [0.2, 0.25) is 5.02 Å². The average Bonchev–Trinajstić information content (AvgIpc) is 2.19. The maximum absolute atomic E-state index is 9.28. The lowest BCUT2D eigenvalue weighted by atomic mass is 10.1. The van der Waals surface area contributed by atoms with E-state index < -0.39 is 0 Å². The average molecular weight is 229 g/mol. The third kappa shape index (κ3) is 3.38. The molecule has 0 spiro atoms. The molecule has 84 valence electrons. The topological polar surface area (TPSA) is 49.5 Å². The number of nitrogens with two attached hydrogens (primary N) is 1. The fraction of sp³-hybridized carbons (Fsp3) is 0.455. The summed E-state index contributed by atoms with van der Waals surface area (Å²) in [6.45, 7) is 0.603. The SMILES string of the molecule is CN(C)C(CN)Cc1ccc(O)c(Cl)c1. The van der Waals surface area contributed by atoms with Crippen LogP contribution in [0.25, 0.3) is 0 Å². The summed E-state index contributed by atoms with van der Waals surface area (Å²) >= 11 is 5.83. The van der Waals surface area contributed by atoms with E-state index in [1.165, 1.54) is 0 Å². The molecule has 1 atom stereocenters. The van der Waals surface area contributed by atoms with Crippen LogP contribution in [0.1, 0.15) is 5.56 Å². The zero-order chi connectivity index (χ0) is 11.4. The molecule has 0 radical (unpaired) electrons. The standard InChI is InChI=1S/C11H17ClN2O/c1-14(2)9(7-13)5-8-3-4-11(15)10(12)6-8/h3-4,6,9,15H,5,7,13H2,1-2H3. The van der Waals surface area contributed by atoms with E-state index in [2.05, 4.69) is 4.90 Å². The molecule has 0 aliphatic carbocycles. The van der Waals surface area contributed by atoms with Crippen molar-refractivity contribution >= 4 is 11.6 Å². The number of phenols is 1. The molecule has 3 N–H and O–H groups in total. The van der Waals surface area contributed by atoms with Gasteiger partial charge >= 0.3 is 0 Å². The molecule has 0 saturated carbocycles. The first-order valence-corrected chi connectivity index (χ1v) is 5.26. The molecule has 0 saturated heterocycles. The summed E-state index contributed by atoms with van der Waals surface area (Å²) in [5.41, 5.74) is 6.75. The Balaban J connectivity index is 2.75. The first-order valence-electron chi connectivity index (χ1n) is 4.88. The molecule has 0 amide bonds. The monoisotopic (exact) mass is 228 g/mol. The van der Waals surface area contributed by atoms with E-state index in [1.54, 1.807) is 12.1 Å². The number of benzene rings is 1. The Kier molecular flexibility index (Phi) is 4.39. The van der Waals surface area contributed by atoms with E-state index in [1.807, 2.05) is 20.2 Å². The minimum Gasteiger partial charge on any atom is -0.506 e. The van der Waals surface area contributed by atoms with Crippen LogP contribution in [0.4, 0.5) is 0 Å². The summed E-state index contributed by atoms with van der Waals surface area (Å²) in [4.78, 5) is 2.08. The van der Waals surface area contributed by atoms with E-state index in [0.29, 0.717) is 17.6 Å². The Bertz CT molecular complexity index is 328. The van der Waals surface area contributed by atoms with E-state index in [9.17, 15) is 5.11 Å². The molecular formula is C11H17ClN2O. The summed E-state index contributed by atoms with van der Waals surface area (Å²) in [5, 5.41) is 9.67. The molecular weight excluding hydrogens is 212 g/mol. The van der Waals surface area contributed by atoms with Crippen molar-refractivity contribution in [3.8, 4) is 5.75 Å². The summed E-state index contributed by atoms with van der Waals surface area (Å²) in [6.07, 6.45) is 0.837. The van der Waals surface area contributed by atoms with Crippen LogP contribution >= 0.6 is 11.6 Å². The summed E-state index contributed by atoms with van der Waals surface area (Å²) in [6, 6.07) is 5.56. The molecule has 1 aromatic carbocycles. The zero-order valence-corrected chi connectivity index (χ0v) is 9.83. The first-order chi connectivity index (χ1) is 7.04. The van der Waals surface area contributed by atoms with Gasteiger partial charge in [-0.15, -0.1) is 0 Å². The number of likely N-dealkylation sites (N-methyl/N-ethyl adjacent to an activating group) is 1. The molecule has 1 rings (SSSR count). The van der Waals surface area contributed by atoms with Crippen LogP contribution < -0.4 is 5.73 Å². The zero-order valence-electron chi connectivity index (χ0n) is 9.07. The Morgan fingerprint density at radius 3 is 2.60 bits per heavy atom. The van der Waals surface area contributed by atoms with E-state index >= 15 is 0 Å². The summed E-state index contributed by atoms with van der Waals surface area (Å²) in [5.74, 6) is 0.120. The van der Waals surface area contributed by atoms with Crippen molar-refractivity contribution in [3.63, 3.8) is 0 Å². The van der Waals surface area contributed by atoms with Crippen LogP contribution in [0.15, 0.2) is 18.2 Å². The highest BCUT2D eigenvalue weighted by Gasteiger charge is 2.10. The van der Waals surface area contributed by atoms with E-state index in [-0.39, 0.29) is 5.75 Å². The van der Waals surface area contributed by atoms with Gasteiger partial charge in [-0.25, -0.2) is 0 Å². The Morgan fingerprint density at radius 1 is 1.47 bits per heavy atom. The van der Waals surface area contributed by atoms with Gasteiger partial charge in [0.1, 0.15) is 5.75 Å². The van der Waals surface area contributed by atoms with Gasteiger partial charge < -0.3 is 15.7 Å². The second-order valence-electron chi connectivity index (χ2n) is 3.84. The maximum Gasteiger partial charge on any atom is 0.134 e. The number of phenolic OH excluding ortho intramolecular Hbond substituents is 1. The number of hydrogen-bond donors (Lipinski definition) is 2. The van der Waals surface area contributed by atoms with Crippen molar-refractivity contribution < 1.29 is 5.11 Å². The lowest BCUT2D eigenvalue weighted by Gasteiger charge is -2.22. The number of nitrogens with zero attached hydrogens (tertiary/aromatic N) is 1. The smallest absolute Gasteiger partial charge is 0.134 e. The van der Waals surface area contributed by atoms with Gasteiger partial charge in [-0.1, -0.05) is 17.7 Å². The van der Waals surface area contributed by atoms with Crippen LogP contribution in [0.5, 0.6) is 5.75 Å². The Labute approximate surface area is 95.5 Å². The van der Waals surface area contributed by atoms with Crippen LogP contribution in [-0.2, 0) is 6.42 Å². The minimum atomic E-state index is 0.120. The van der Waals surface area contributed by atoms with Gasteiger partial charge in [0.2, 0.25) is 0 Å². The lowest BCUT2D eigenvalue weighted by Crippen LogP contribution is -2.36. The molecule has 1 unspecified atom stereocenters.